The van der Waals surface area contributed by atoms with E-state index in [9.17, 15) is 4.79 Å². The van der Waals surface area contributed by atoms with E-state index in [0.29, 0.717) is 11.0 Å². The Balaban J connectivity index is 1.64. The van der Waals surface area contributed by atoms with Gasteiger partial charge in [0, 0.05) is 22.6 Å². The third-order valence-corrected chi connectivity index (χ3v) is 6.37. The number of para-hydroxylation sites is 1. The zero-order chi connectivity index (χ0) is 23.4. The molecule has 0 bridgehead atoms. The number of nitrogens with one attached hydrogen (secondary N) is 1. The summed E-state index contributed by atoms with van der Waals surface area (Å²) in [5.74, 6) is 7.11. The Morgan fingerprint density at radius 3 is 2.67 bits per heavy atom. The average Bonchev–Trinajstić information content (AvgIpc) is 3.17. The third-order valence-electron chi connectivity index (χ3n) is 5.43. The van der Waals surface area contributed by atoms with Crippen LogP contribution in [-0.2, 0) is 4.79 Å². The molecule has 0 radical (unpaired) electrons. The molecule has 7 nitrogen and oxygen atoms in total. The van der Waals surface area contributed by atoms with Gasteiger partial charge in [0.15, 0.2) is 5.82 Å². The van der Waals surface area contributed by atoms with E-state index in [1.165, 1.54) is 22.0 Å². The van der Waals surface area contributed by atoms with Crippen molar-refractivity contribution in [2.24, 2.45) is 0 Å². The van der Waals surface area contributed by atoms with Crippen LogP contribution in [0.15, 0.2) is 59.8 Å². The minimum Gasteiger partial charge on any atom is -0.353 e. The Morgan fingerprint density at radius 1 is 1.15 bits per heavy atom. The zero-order valence-electron chi connectivity index (χ0n) is 19.1. The second-order valence-corrected chi connectivity index (χ2v) is 9.10. The molecule has 0 unspecified atom stereocenters. The van der Waals surface area contributed by atoms with Crippen LogP contribution in [0.2, 0.25) is 0 Å². The lowest BCUT2D eigenvalue weighted by Gasteiger charge is -2.12. The van der Waals surface area contributed by atoms with Crippen molar-refractivity contribution >= 4 is 28.6 Å². The van der Waals surface area contributed by atoms with Crippen LogP contribution in [0.25, 0.3) is 33.5 Å². The van der Waals surface area contributed by atoms with Gasteiger partial charge in [-0.15, -0.1) is 10.2 Å². The van der Waals surface area contributed by atoms with Crippen molar-refractivity contribution in [3.8, 4) is 22.6 Å². The van der Waals surface area contributed by atoms with Gasteiger partial charge < -0.3 is 11.2 Å². The standard InChI is InChI=1S/C25H28N6OS/c1-4-7-17(3)27-23(32)15-33-25-30-29-24(31(25)26)20-14-22(18-12-10-16(2)11-13-18)28-21-9-6-5-8-19(20)21/h5-6,8-14,17H,4,7,15,26H2,1-3H3,(H,27,32)/t17-/m0/s1. The first-order valence-corrected chi connectivity index (χ1v) is 12.0. The second kappa shape index (κ2) is 10.0. The number of nitrogens with zero attached hydrogens (tertiary/aromatic N) is 4. The van der Waals surface area contributed by atoms with E-state index >= 15 is 0 Å². The van der Waals surface area contributed by atoms with Crippen molar-refractivity contribution in [2.45, 2.75) is 44.8 Å². The van der Waals surface area contributed by atoms with Gasteiger partial charge in [-0.25, -0.2) is 9.66 Å². The van der Waals surface area contributed by atoms with Crippen molar-refractivity contribution in [3.05, 3.63) is 60.2 Å². The lowest BCUT2D eigenvalue weighted by Crippen LogP contribution is -2.33. The number of pyridine rings is 1. The smallest absolute Gasteiger partial charge is 0.230 e. The van der Waals surface area contributed by atoms with Gasteiger partial charge in [0.2, 0.25) is 11.1 Å². The molecule has 0 fully saturated rings. The number of hydrogen-bond acceptors (Lipinski definition) is 6. The zero-order valence-corrected chi connectivity index (χ0v) is 19.9. The molecule has 4 rings (SSSR count). The largest absolute Gasteiger partial charge is 0.353 e. The van der Waals surface area contributed by atoms with Crippen LogP contribution in [-0.4, -0.2) is 37.6 Å². The molecule has 2 heterocycles. The van der Waals surface area contributed by atoms with Gasteiger partial charge in [-0.2, -0.15) is 0 Å². The summed E-state index contributed by atoms with van der Waals surface area (Å²) >= 11 is 1.27. The van der Waals surface area contributed by atoms with Crippen LogP contribution in [0.3, 0.4) is 0 Å². The molecule has 0 aliphatic rings. The molecule has 1 amide bonds. The summed E-state index contributed by atoms with van der Waals surface area (Å²) in [6, 6.07) is 18.3. The topological polar surface area (TPSA) is 98.7 Å². The number of amides is 1. The van der Waals surface area contributed by atoms with Crippen LogP contribution < -0.4 is 11.2 Å². The van der Waals surface area contributed by atoms with Gasteiger partial charge in [0.05, 0.1) is 17.0 Å². The summed E-state index contributed by atoms with van der Waals surface area (Å²) in [7, 11) is 0. The molecule has 0 saturated carbocycles. The fourth-order valence-corrected chi connectivity index (χ4v) is 4.41. The fourth-order valence-electron chi connectivity index (χ4n) is 3.74. The molecule has 2 aromatic heterocycles. The predicted molar refractivity (Wildman–Crippen MR) is 134 cm³/mol. The second-order valence-electron chi connectivity index (χ2n) is 8.16. The summed E-state index contributed by atoms with van der Waals surface area (Å²) in [6.07, 6.45) is 1.98. The highest BCUT2D eigenvalue weighted by Crippen LogP contribution is 2.32. The van der Waals surface area contributed by atoms with Crippen molar-refractivity contribution < 1.29 is 4.79 Å². The molecule has 0 saturated heterocycles. The molecule has 0 spiro atoms. The molecule has 1 atom stereocenters. The summed E-state index contributed by atoms with van der Waals surface area (Å²) in [4.78, 5) is 17.1. The number of carbonyl (C=O) groups excluding carboxylic acids is 1. The Morgan fingerprint density at radius 2 is 1.91 bits per heavy atom. The average molecular weight is 461 g/mol. The highest BCUT2D eigenvalue weighted by Gasteiger charge is 2.18. The number of carbonyl (C=O) groups is 1. The number of fused-ring (bicyclic) bond motifs is 1. The quantitative estimate of drug-likeness (QED) is 0.295. The van der Waals surface area contributed by atoms with Gasteiger partial charge in [0.25, 0.3) is 0 Å². The molecule has 170 valence electrons. The maximum absolute atomic E-state index is 12.3. The maximum atomic E-state index is 12.3. The summed E-state index contributed by atoms with van der Waals surface area (Å²) in [5.41, 5.74) is 4.75. The van der Waals surface area contributed by atoms with E-state index < -0.39 is 0 Å². The monoisotopic (exact) mass is 460 g/mol. The van der Waals surface area contributed by atoms with E-state index in [2.05, 4.69) is 53.6 Å². The van der Waals surface area contributed by atoms with E-state index in [1.54, 1.807) is 0 Å². The molecule has 8 heteroatoms. The Labute approximate surface area is 197 Å². The first-order valence-electron chi connectivity index (χ1n) is 11.1. The number of nitrogens with two attached hydrogens (primary N) is 1. The molecule has 33 heavy (non-hydrogen) atoms. The Hall–Kier alpha value is -3.39. The molecule has 0 aliphatic heterocycles. The SMILES string of the molecule is CCC[C@H](C)NC(=O)CSc1nnc(-c2cc(-c3ccc(C)cc3)nc3ccccc23)n1N. The Bertz CT molecular complexity index is 1270. The van der Waals surface area contributed by atoms with Crippen LogP contribution in [0.5, 0.6) is 0 Å². The van der Waals surface area contributed by atoms with Gasteiger partial charge in [-0.1, -0.05) is 73.1 Å². The summed E-state index contributed by atoms with van der Waals surface area (Å²) < 4.78 is 1.45. The van der Waals surface area contributed by atoms with Gasteiger partial charge in [-0.05, 0) is 32.4 Å². The molecular formula is C25H28N6OS. The van der Waals surface area contributed by atoms with Crippen molar-refractivity contribution in [1.29, 1.82) is 0 Å². The maximum Gasteiger partial charge on any atom is 0.230 e. The van der Waals surface area contributed by atoms with Crippen molar-refractivity contribution in [3.63, 3.8) is 0 Å². The van der Waals surface area contributed by atoms with Crippen LogP contribution in [0, 0.1) is 6.92 Å². The number of benzene rings is 2. The lowest BCUT2D eigenvalue weighted by molar-refractivity contribution is -0.119. The lowest BCUT2D eigenvalue weighted by atomic mass is 10.0. The highest BCUT2D eigenvalue weighted by atomic mass is 32.2. The van der Waals surface area contributed by atoms with Crippen LogP contribution in [0.4, 0.5) is 0 Å². The van der Waals surface area contributed by atoms with Gasteiger partial charge in [-0.3, -0.25) is 4.79 Å². The number of thioether (sulfide) groups is 1. The molecular weight excluding hydrogens is 432 g/mol. The normalized spacial score (nSPS) is 12.1. The van der Waals surface area contributed by atoms with E-state index in [4.69, 9.17) is 10.8 Å². The van der Waals surface area contributed by atoms with E-state index in [0.717, 1.165) is 40.6 Å². The summed E-state index contributed by atoms with van der Waals surface area (Å²) in [6.45, 7) is 6.17. The van der Waals surface area contributed by atoms with Crippen molar-refractivity contribution in [2.75, 3.05) is 11.6 Å². The number of nitrogen functional groups attached to an aromatic ring is 1. The minimum atomic E-state index is -0.0403. The third kappa shape index (κ3) is 5.17. The minimum absolute atomic E-state index is 0.0403. The predicted octanol–water partition coefficient (Wildman–Crippen LogP) is 4.58. The number of hydrogen-bond donors (Lipinski definition) is 2. The van der Waals surface area contributed by atoms with E-state index in [-0.39, 0.29) is 17.7 Å². The first kappa shape index (κ1) is 22.8. The van der Waals surface area contributed by atoms with Crippen LogP contribution in [0.1, 0.15) is 32.3 Å². The number of rotatable bonds is 8. The fraction of sp³-hybridized carbons (Fsp3) is 0.280. The van der Waals surface area contributed by atoms with Gasteiger partial charge >= 0.3 is 0 Å². The van der Waals surface area contributed by atoms with Crippen LogP contribution >= 0.6 is 11.8 Å². The molecule has 0 aliphatic carbocycles. The van der Waals surface area contributed by atoms with Gasteiger partial charge in [0.1, 0.15) is 0 Å². The van der Waals surface area contributed by atoms with Crippen molar-refractivity contribution in [1.82, 2.24) is 25.2 Å². The molecule has 3 N–H and O–H groups in total. The van der Waals surface area contributed by atoms with E-state index in [1.807, 2.05) is 37.3 Å². The number of aryl methyl sites for hydroxylation is 1. The number of aromatic nitrogens is 4. The summed E-state index contributed by atoms with van der Waals surface area (Å²) in [5, 5.41) is 13.0. The highest BCUT2D eigenvalue weighted by molar-refractivity contribution is 7.99. The molecule has 2 aromatic carbocycles. The first-order chi connectivity index (χ1) is 16.0. The molecule has 4 aromatic rings. The Kier molecular flexibility index (Phi) is 6.93.